The lowest BCUT2D eigenvalue weighted by atomic mass is 9.98. The maximum atomic E-state index is 12.2. The van der Waals surface area contributed by atoms with Gasteiger partial charge in [-0.2, -0.15) is 0 Å². The van der Waals surface area contributed by atoms with Crippen molar-refractivity contribution < 1.29 is 14.3 Å². The summed E-state index contributed by atoms with van der Waals surface area (Å²) in [6.45, 7) is 2.27. The number of methoxy groups -OCH3 is 1. The van der Waals surface area contributed by atoms with E-state index < -0.39 is 5.54 Å². The number of para-hydroxylation sites is 1. The van der Waals surface area contributed by atoms with Gasteiger partial charge < -0.3 is 14.8 Å². The average Bonchev–Trinajstić information content (AvgIpc) is 2.93. The topological polar surface area (TPSA) is 47.6 Å². The minimum Gasteiger partial charge on any atom is -0.496 e. The molecule has 2 atom stereocenters. The van der Waals surface area contributed by atoms with Gasteiger partial charge in [0.05, 0.1) is 13.7 Å². The smallest absolute Gasteiger partial charge is 0.326 e. The molecule has 1 aliphatic carbocycles. The largest absolute Gasteiger partial charge is 0.496 e. The molecule has 1 N–H and O–H groups in total. The summed E-state index contributed by atoms with van der Waals surface area (Å²) in [4.78, 5) is 13.3. The van der Waals surface area contributed by atoms with E-state index in [-0.39, 0.29) is 5.97 Å². The highest BCUT2D eigenvalue weighted by molar-refractivity contribution is 8.00. The molecule has 1 fully saturated rings. The van der Waals surface area contributed by atoms with Gasteiger partial charge in [-0.15, -0.1) is 11.8 Å². The van der Waals surface area contributed by atoms with Crippen LogP contribution in [0.1, 0.15) is 26.2 Å². The van der Waals surface area contributed by atoms with Gasteiger partial charge in [0.2, 0.25) is 0 Å². The van der Waals surface area contributed by atoms with E-state index in [0.29, 0.717) is 11.9 Å². The number of rotatable bonds is 6. The van der Waals surface area contributed by atoms with Gasteiger partial charge in [0.25, 0.3) is 0 Å². The first kappa shape index (κ1) is 16.2. The summed E-state index contributed by atoms with van der Waals surface area (Å²) >= 11 is 1.78. The molecular weight excluding hydrogens is 286 g/mol. The van der Waals surface area contributed by atoms with E-state index >= 15 is 0 Å². The van der Waals surface area contributed by atoms with E-state index in [1.165, 1.54) is 0 Å². The molecule has 1 saturated carbocycles. The molecule has 0 aromatic heterocycles. The van der Waals surface area contributed by atoms with Crippen LogP contribution >= 0.6 is 11.8 Å². The number of thioether (sulfide) groups is 1. The van der Waals surface area contributed by atoms with Crippen LogP contribution in [0.25, 0.3) is 0 Å². The number of ether oxygens (including phenoxy) is 2. The van der Waals surface area contributed by atoms with Crippen molar-refractivity contribution in [2.45, 2.75) is 41.9 Å². The zero-order chi connectivity index (χ0) is 15.3. The summed E-state index contributed by atoms with van der Waals surface area (Å²) in [5.41, 5.74) is -0.532. The molecular formula is C16H23NO3S. The van der Waals surface area contributed by atoms with Crippen molar-refractivity contribution in [3.05, 3.63) is 24.3 Å². The molecule has 5 heteroatoms. The Morgan fingerprint density at radius 1 is 1.48 bits per heavy atom. The molecule has 0 saturated heterocycles. The Morgan fingerprint density at radius 2 is 2.24 bits per heavy atom. The highest BCUT2D eigenvalue weighted by atomic mass is 32.2. The second-order valence-corrected chi connectivity index (χ2v) is 6.53. The maximum Gasteiger partial charge on any atom is 0.326 e. The molecule has 1 aromatic rings. The van der Waals surface area contributed by atoms with Gasteiger partial charge in [0.1, 0.15) is 11.3 Å². The zero-order valence-electron chi connectivity index (χ0n) is 12.8. The summed E-state index contributed by atoms with van der Waals surface area (Å²) in [5.74, 6) is 0.760. The number of carbonyl (C=O) groups excluding carboxylic acids is 1. The van der Waals surface area contributed by atoms with Crippen molar-refractivity contribution in [3.63, 3.8) is 0 Å². The average molecular weight is 309 g/mol. The van der Waals surface area contributed by atoms with Crippen LogP contribution in [0, 0.1) is 0 Å². The normalized spacial score (nSPS) is 24.8. The summed E-state index contributed by atoms with van der Waals surface area (Å²) in [5, 5.41) is 3.57. The fraction of sp³-hybridized carbons (Fsp3) is 0.562. The molecule has 2 unspecified atom stereocenters. The van der Waals surface area contributed by atoms with Gasteiger partial charge in [-0.1, -0.05) is 12.1 Å². The number of esters is 1. The lowest BCUT2D eigenvalue weighted by Crippen LogP contribution is -2.49. The van der Waals surface area contributed by atoms with E-state index in [2.05, 4.69) is 11.4 Å². The molecule has 21 heavy (non-hydrogen) atoms. The summed E-state index contributed by atoms with van der Waals surface area (Å²) in [7, 11) is 3.53. The lowest BCUT2D eigenvalue weighted by Gasteiger charge is -2.26. The molecule has 0 bridgehead atoms. The van der Waals surface area contributed by atoms with Crippen LogP contribution in [-0.2, 0) is 9.53 Å². The van der Waals surface area contributed by atoms with Gasteiger partial charge in [0.15, 0.2) is 0 Å². The second-order valence-electron chi connectivity index (χ2n) is 5.19. The maximum absolute atomic E-state index is 12.2. The van der Waals surface area contributed by atoms with Crippen LogP contribution in [0.4, 0.5) is 0 Å². The third-order valence-electron chi connectivity index (χ3n) is 3.98. The van der Waals surface area contributed by atoms with Gasteiger partial charge in [-0.05, 0) is 45.4 Å². The summed E-state index contributed by atoms with van der Waals surface area (Å²) < 4.78 is 10.6. The van der Waals surface area contributed by atoms with Crippen LogP contribution in [0.5, 0.6) is 5.75 Å². The summed E-state index contributed by atoms with van der Waals surface area (Å²) in [6, 6.07) is 8.01. The SMILES string of the molecule is CCOC(=O)C1(NC)CCC(Sc2ccccc2OC)C1. The molecule has 4 nitrogen and oxygen atoms in total. The molecule has 1 aromatic carbocycles. The number of carbonyl (C=O) groups is 1. The molecule has 0 heterocycles. The van der Waals surface area contributed by atoms with Gasteiger partial charge in [-0.25, -0.2) is 0 Å². The van der Waals surface area contributed by atoms with Crippen LogP contribution in [0.15, 0.2) is 29.2 Å². The monoisotopic (exact) mass is 309 g/mol. The quantitative estimate of drug-likeness (QED) is 0.819. The van der Waals surface area contributed by atoms with E-state index in [1.54, 1.807) is 18.9 Å². The minimum absolute atomic E-state index is 0.129. The molecule has 0 aliphatic heterocycles. The predicted molar refractivity (Wildman–Crippen MR) is 84.9 cm³/mol. The Kier molecular flexibility index (Phi) is 5.53. The molecule has 116 valence electrons. The van der Waals surface area contributed by atoms with Crippen LogP contribution < -0.4 is 10.1 Å². The molecule has 0 spiro atoms. The first-order valence-corrected chi connectivity index (χ1v) is 8.19. The van der Waals surface area contributed by atoms with Crippen molar-refractivity contribution in [2.75, 3.05) is 20.8 Å². The van der Waals surface area contributed by atoms with E-state index in [4.69, 9.17) is 9.47 Å². The highest BCUT2D eigenvalue weighted by Crippen LogP contribution is 2.43. The third-order valence-corrected chi connectivity index (χ3v) is 5.30. The first-order chi connectivity index (χ1) is 10.1. The fourth-order valence-electron chi connectivity index (χ4n) is 2.78. The molecule has 2 rings (SSSR count). The highest BCUT2D eigenvalue weighted by Gasteiger charge is 2.45. The number of benzene rings is 1. The van der Waals surface area contributed by atoms with E-state index in [1.807, 2.05) is 32.2 Å². The molecule has 1 aliphatic rings. The molecule has 0 amide bonds. The van der Waals surface area contributed by atoms with E-state index in [9.17, 15) is 4.79 Å². The van der Waals surface area contributed by atoms with Crippen molar-refractivity contribution in [1.82, 2.24) is 5.32 Å². The first-order valence-electron chi connectivity index (χ1n) is 7.31. The van der Waals surface area contributed by atoms with E-state index in [0.717, 1.165) is 29.9 Å². The number of likely N-dealkylation sites (N-methyl/N-ethyl adjacent to an activating group) is 1. The second kappa shape index (κ2) is 7.18. The van der Waals surface area contributed by atoms with Crippen molar-refractivity contribution in [3.8, 4) is 5.75 Å². The van der Waals surface area contributed by atoms with Crippen LogP contribution in [-0.4, -0.2) is 37.5 Å². The Hall–Kier alpha value is -1.20. The van der Waals surface area contributed by atoms with Crippen molar-refractivity contribution in [1.29, 1.82) is 0 Å². The fourth-order valence-corrected chi connectivity index (χ4v) is 4.17. The Balaban J connectivity index is 2.06. The van der Waals surface area contributed by atoms with Gasteiger partial charge in [-0.3, -0.25) is 4.79 Å². The van der Waals surface area contributed by atoms with Gasteiger partial charge in [0, 0.05) is 10.1 Å². The van der Waals surface area contributed by atoms with Crippen molar-refractivity contribution in [2.24, 2.45) is 0 Å². The zero-order valence-corrected chi connectivity index (χ0v) is 13.7. The summed E-state index contributed by atoms with van der Waals surface area (Å²) in [6.07, 6.45) is 2.59. The minimum atomic E-state index is -0.532. The van der Waals surface area contributed by atoms with Crippen LogP contribution in [0.2, 0.25) is 0 Å². The number of hydrogen-bond acceptors (Lipinski definition) is 5. The standard InChI is InChI=1S/C16H23NO3S/c1-4-20-15(18)16(17-2)10-9-12(11-16)21-14-8-6-5-7-13(14)19-3/h5-8,12,17H,4,9-11H2,1-3H3. The Bertz CT molecular complexity index is 494. The Morgan fingerprint density at radius 3 is 2.90 bits per heavy atom. The van der Waals surface area contributed by atoms with Crippen molar-refractivity contribution >= 4 is 17.7 Å². The predicted octanol–water partition coefficient (Wildman–Crippen LogP) is 2.86. The van der Waals surface area contributed by atoms with Crippen LogP contribution in [0.3, 0.4) is 0 Å². The number of hydrogen-bond donors (Lipinski definition) is 1. The Labute approximate surface area is 130 Å². The lowest BCUT2D eigenvalue weighted by molar-refractivity contribution is -0.150. The van der Waals surface area contributed by atoms with Gasteiger partial charge >= 0.3 is 5.97 Å². The molecule has 0 radical (unpaired) electrons. The number of nitrogens with one attached hydrogen (secondary N) is 1. The third kappa shape index (κ3) is 3.52.